The van der Waals surface area contributed by atoms with Gasteiger partial charge in [-0.2, -0.15) is 4.98 Å². The zero-order valence-electron chi connectivity index (χ0n) is 13.7. The Bertz CT molecular complexity index is 902. The Kier molecular flexibility index (Phi) is 5.26. The number of hydrogen-bond acceptors (Lipinski definition) is 5. The van der Waals surface area contributed by atoms with Gasteiger partial charge in [-0.1, -0.05) is 29.3 Å². The number of anilines is 4. The van der Waals surface area contributed by atoms with Crippen LogP contribution in [0.5, 0.6) is 5.75 Å². The van der Waals surface area contributed by atoms with Crippen molar-refractivity contribution in [2.24, 2.45) is 0 Å². The number of methoxy groups -OCH3 is 1. The SMILES string of the molecule is COc1cccc(Nc2nc(C)cc(Nc3ccc(Cl)c(Cl)c3)n2)c1. The molecular formula is C18H16Cl2N4O. The van der Waals surface area contributed by atoms with Crippen LogP contribution in [0, 0.1) is 6.92 Å². The molecule has 2 N–H and O–H groups in total. The molecule has 0 radical (unpaired) electrons. The van der Waals surface area contributed by atoms with Crippen molar-refractivity contribution in [1.82, 2.24) is 9.97 Å². The highest BCUT2D eigenvalue weighted by Crippen LogP contribution is 2.27. The van der Waals surface area contributed by atoms with Crippen LogP contribution in [0.25, 0.3) is 0 Å². The van der Waals surface area contributed by atoms with E-state index in [0.717, 1.165) is 22.8 Å². The molecule has 7 heteroatoms. The lowest BCUT2D eigenvalue weighted by atomic mass is 10.3. The molecule has 0 aliphatic carbocycles. The average Bonchev–Trinajstić information content (AvgIpc) is 2.58. The molecule has 0 fully saturated rings. The van der Waals surface area contributed by atoms with E-state index in [4.69, 9.17) is 27.9 Å². The second-order valence-electron chi connectivity index (χ2n) is 5.33. The number of hydrogen-bond donors (Lipinski definition) is 2. The Labute approximate surface area is 156 Å². The highest BCUT2D eigenvalue weighted by molar-refractivity contribution is 6.42. The molecule has 0 bridgehead atoms. The molecule has 0 amide bonds. The minimum atomic E-state index is 0.479. The monoisotopic (exact) mass is 374 g/mol. The number of ether oxygens (including phenoxy) is 1. The summed E-state index contributed by atoms with van der Waals surface area (Å²) in [7, 11) is 1.63. The quantitative estimate of drug-likeness (QED) is 0.609. The van der Waals surface area contributed by atoms with E-state index in [1.165, 1.54) is 0 Å². The van der Waals surface area contributed by atoms with Gasteiger partial charge in [0.2, 0.25) is 5.95 Å². The molecule has 3 aromatic rings. The van der Waals surface area contributed by atoms with Gasteiger partial charge in [0, 0.05) is 29.2 Å². The first-order valence-corrected chi connectivity index (χ1v) is 8.28. The molecule has 2 aromatic carbocycles. The molecule has 3 rings (SSSR count). The summed E-state index contributed by atoms with van der Waals surface area (Å²) >= 11 is 12.0. The van der Waals surface area contributed by atoms with Gasteiger partial charge in [0.15, 0.2) is 0 Å². The fourth-order valence-corrected chi connectivity index (χ4v) is 2.54. The van der Waals surface area contributed by atoms with Crippen molar-refractivity contribution < 1.29 is 4.74 Å². The van der Waals surface area contributed by atoms with E-state index < -0.39 is 0 Å². The summed E-state index contributed by atoms with van der Waals surface area (Å²) in [6, 6.07) is 14.7. The number of nitrogens with zero attached hydrogens (tertiary/aromatic N) is 2. The van der Waals surface area contributed by atoms with E-state index in [9.17, 15) is 0 Å². The second kappa shape index (κ2) is 7.59. The maximum Gasteiger partial charge on any atom is 0.229 e. The summed E-state index contributed by atoms with van der Waals surface area (Å²) in [6.45, 7) is 1.90. The molecule has 0 aliphatic rings. The summed E-state index contributed by atoms with van der Waals surface area (Å²) in [4.78, 5) is 8.89. The molecule has 0 spiro atoms. The number of aryl methyl sites for hydroxylation is 1. The molecule has 0 unspecified atom stereocenters. The third kappa shape index (κ3) is 4.53. The van der Waals surface area contributed by atoms with Gasteiger partial charge in [0.05, 0.1) is 17.2 Å². The highest BCUT2D eigenvalue weighted by atomic mass is 35.5. The van der Waals surface area contributed by atoms with Crippen LogP contribution in [0.15, 0.2) is 48.5 Å². The lowest BCUT2D eigenvalue weighted by Crippen LogP contribution is -2.02. The summed E-state index contributed by atoms with van der Waals surface area (Å²) < 4.78 is 5.22. The minimum absolute atomic E-state index is 0.479. The number of halogens is 2. The summed E-state index contributed by atoms with van der Waals surface area (Å²) in [5, 5.41) is 7.36. The summed E-state index contributed by atoms with van der Waals surface area (Å²) in [5.41, 5.74) is 2.45. The first kappa shape index (κ1) is 17.3. The van der Waals surface area contributed by atoms with E-state index >= 15 is 0 Å². The van der Waals surface area contributed by atoms with Crippen molar-refractivity contribution in [3.63, 3.8) is 0 Å². The van der Waals surface area contributed by atoms with Gasteiger partial charge in [-0.3, -0.25) is 0 Å². The topological polar surface area (TPSA) is 59.1 Å². The standard InChI is InChI=1S/C18H16Cl2N4O/c1-11-8-17(22-13-6-7-15(19)16(20)10-13)24-18(21-11)23-12-4-3-5-14(9-12)25-2/h3-10H,1-2H3,(H2,21,22,23,24). The maximum atomic E-state index is 6.05. The van der Waals surface area contributed by atoms with Gasteiger partial charge in [-0.15, -0.1) is 0 Å². The fourth-order valence-electron chi connectivity index (χ4n) is 2.24. The van der Waals surface area contributed by atoms with Crippen LogP contribution in [-0.2, 0) is 0 Å². The van der Waals surface area contributed by atoms with Crippen molar-refractivity contribution in [3.05, 3.63) is 64.3 Å². The van der Waals surface area contributed by atoms with Gasteiger partial charge in [-0.05, 0) is 37.3 Å². The van der Waals surface area contributed by atoms with Crippen LogP contribution >= 0.6 is 23.2 Å². The van der Waals surface area contributed by atoms with Crippen molar-refractivity contribution in [2.75, 3.05) is 17.7 Å². The third-order valence-electron chi connectivity index (χ3n) is 3.37. The number of nitrogens with one attached hydrogen (secondary N) is 2. The second-order valence-corrected chi connectivity index (χ2v) is 6.14. The predicted molar refractivity (Wildman–Crippen MR) is 103 cm³/mol. The zero-order chi connectivity index (χ0) is 17.8. The Morgan fingerprint density at radius 2 is 1.68 bits per heavy atom. The van der Waals surface area contributed by atoms with Crippen molar-refractivity contribution >= 4 is 46.3 Å². The Balaban J connectivity index is 1.83. The van der Waals surface area contributed by atoms with Gasteiger partial charge in [0.1, 0.15) is 11.6 Å². The lowest BCUT2D eigenvalue weighted by molar-refractivity contribution is 0.415. The molecule has 0 saturated carbocycles. The van der Waals surface area contributed by atoms with E-state index in [1.54, 1.807) is 19.2 Å². The third-order valence-corrected chi connectivity index (χ3v) is 4.11. The van der Waals surface area contributed by atoms with E-state index in [0.29, 0.717) is 21.8 Å². The molecule has 25 heavy (non-hydrogen) atoms. The molecule has 1 heterocycles. The number of rotatable bonds is 5. The Morgan fingerprint density at radius 3 is 2.44 bits per heavy atom. The molecule has 5 nitrogen and oxygen atoms in total. The molecular weight excluding hydrogens is 359 g/mol. The molecule has 0 saturated heterocycles. The van der Waals surface area contributed by atoms with E-state index in [2.05, 4.69) is 20.6 Å². The Morgan fingerprint density at radius 1 is 0.880 bits per heavy atom. The van der Waals surface area contributed by atoms with Gasteiger partial charge >= 0.3 is 0 Å². The Hall–Kier alpha value is -2.50. The molecule has 0 aliphatic heterocycles. The number of benzene rings is 2. The van der Waals surface area contributed by atoms with Gasteiger partial charge < -0.3 is 15.4 Å². The minimum Gasteiger partial charge on any atom is -0.497 e. The van der Waals surface area contributed by atoms with Crippen LogP contribution in [0.2, 0.25) is 10.0 Å². The molecule has 1 aromatic heterocycles. The first-order chi connectivity index (χ1) is 12.0. The lowest BCUT2D eigenvalue weighted by Gasteiger charge is -2.11. The van der Waals surface area contributed by atoms with Crippen LogP contribution in [0.3, 0.4) is 0 Å². The normalized spacial score (nSPS) is 10.4. The summed E-state index contributed by atoms with van der Waals surface area (Å²) in [5.74, 6) is 1.89. The van der Waals surface area contributed by atoms with Gasteiger partial charge in [0.25, 0.3) is 0 Å². The fraction of sp³-hybridized carbons (Fsp3) is 0.111. The zero-order valence-corrected chi connectivity index (χ0v) is 15.2. The van der Waals surface area contributed by atoms with Crippen LogP contribution in [0.1, 0.15) is 5.69 Å². The highest BCUT2D eigenvalue weighted by Gasteiger charge is 2.06. The smallest absolute Gasteiger partial charge is 0.229 e. The van der Waals surface area contributed by atoms with Crippen LogP contribution in [0.4, 0.5) is 23.1 Å². The predicted octanol–water partition coefficient (Wildman–Crippen LogP) is 5.59. The van der Waals surface area contributed by atoms with E-state index in [1.807, 2.05) is 43.3 Å². The largest absolute Gasteiger partial charge is 0.497 e. The molecule has 128 valence electrons. The molecule has 0 atom stereocenters. The van der Waals surface area contributed by atoms with Crippen LogP contribution in [-0.4, -0.2) is 17.1 Å². The van der Waals surface area contributed by atoms with Crippen molar-refractivity contribution in [1.29, 1.82) is 0 Å². The summed E-state index contributed by atoms with van der Waals surface area (Å²) in [6.07, 6.45) is 0. The number of aromatic nitrogens is 2. The average molecular weight is 375 g/mol. The van der Waals surface area contributed by atoms with Crippen molar-refractivity contribution in [3.8, 4) is 5.75 Å². The first-order valence-electron chi connectivity index (χ1n) is 7.52. The van der Waals surface area contributed by atoms with Gasteiger partial charge in [-0.25, -0.2) is 4.98 Å². The van der Waals surface area contributed by atoms with Crippen LogP contribution < -0.4 is 15.4 Å². The van der Waals surface area contributed by atoms with E-state index in [-0.39, 0.29) is 0 Å². The maximum absolute atomic E-state index is 6.05. The van der Waals surface area contributed by atoms with Crippen molar-refractivity contribution in [2.45, 2.75) is 6.92 Å².